The maximum Gasteiger partial charge on any atom is 0.489 e. The molecule has 0 saturated heterocycles. The predicted octanol–water partition coefficient (Wildman–Crippen LogP) is 2.66. The topological polar surface area (TPSA) is 69.9 Å². The lowest BCUT2D eigenvalue weighted by Gasteiger charge is -2.02. The summed E-state index contributed by atoms with van der Waals surface area (Å²) in [5.41, 5.74) is 1.31. The highest BCUT2D eigenvalue weighted by atomic mass is 35.5. The van der Waals surface area contributed by atoms with Crippen LogP contribution in [0.3, 0.4) is 0 Å². The van der Waals surface area contributed by atoms with Crippen LogP contribution in [0.2, 0.25) is 5.02 Å². The Morgan fingerprint density at radius 1 is 1.29 bits per heavy atom. The van der Waals surface area contributed by atoms with Gasteiger partial charge in [-0.3, -0.25) is 0 Å². The summed E-state index contributed by atoms with van der Waals surface area (Å²) in [5, 5.41) is 18.0. The molecule has 0 aliphatic heterocycles. The third-order valence-electron chi connectivity index (χ3n) is 1.52. The smallest absolute Gasteiger partial charge is 0.423 e. The summed E-state index contributed by atoms with van der Waals surface area (Å²) in [5.74, 6) is 0. The number of aryl methyl sites for hydroxylation is 1. The van der Waals surface area contributed by atoms with E-state index in [1.807, 2.05) is 26.8 Å². The molecule has 0 saturated carbocycles. The van der Waals surface area contributed by atoms with Crippen LogP contribution in [0.25, 0.3) is 0 Å². The minimum absolute atomic E-state index is 0.353. The Kier molecular flexibility index (Phi) is 21.3. The van der Waals surface area contributed by atoms with Crippen molar-refractivity contribution in [2.24, 2.45) is 4.99 Å². The van der Waals surface area contributed by atoms with Gasteiger partial charge in [0.1, 0.15) is 0 Å². The number of halogens is 1. The number of isocyanates is 1. The van der Waals surface area contributed by atoms with E-state index in [9.17, 15) is 0 Å². The average Bonchev–Trinajstić information content (AvgIpc) is 2.43. The summed E-state index contributed by atoms with van der Waals surface area (Å²) in [6.07, 6.45) is 4.81. The van der Waals surface area contributed by atoms with Gasteiger partial charge in [0.05, 0.1) is 0 Å². The summed E-state index contributed by atoms with van der Waals surface area (Å²) in [4.78, 5) is 11.8. The lowest BCUT2D eigenvalue weighted by Crippen LogP contribution is -2.30. The van der Waals surface area contributed by atoms with Crippen LogP contribution >= 0.6 is 11.6 Å². The molecule has 1 aromatic carbocycles. The number of allylic oxidation sites excluding steroid dienone is 2. The molecule has 0 unspecified atom stereocenters. The van der Waals surface area contributed by atoms with E-state index in [1.54, 1.807) is 24.3 Å². The van der Waals surface area contributed by atoms with E-state index >= 15 is 0 Å². The van der Waals surface area contributed by atoms with Gasteiger partial charge in [-0.1, -0.05) is 41.4 Å². The van der Waals surface area contributed by atoms with Crippen molar-refractivity contribution in [3.05, 3.63) is 54.1 Å². The van der Waals surface area contributed by atoms with Gasteiger partial charge in [0.2, 0.25) is 6.08 Å². The number of nitrogens with zero attached hydrogens (tertiary/aromatic N) is 1. The molecule has 0 heterocycles. The molecule has 0 bridgehead atoms. The molecular weight excluding hydrogens is 288 g/mol. The van der Waals surface area contributed by atoms with Crippen LogP contribution in [-0.4, -0.2) is 30.3 Å². The number of hydrogen-bond acceptors (Lipinski definition) is 4. The number of hydrogen-bond donors (Lipinski definition) is 2. The van der Waals surface area contributed by atoms with Gasteiger partial charge in [-0.2, -0.15) is 0 Å². The first kappa shape index (κ1) is 24.4. The van der Waals surface area contributed by atoms with Crippen molar-refractivity contribution < 1.29 is 14.8 Å². The van der Waals surface area contributed by atoms with Crippen LogP contribution in [0.15, 0.2) is 48.5 Å². The molecule has 2 N–H and O–H groups in total. The highest BCUT2D eigenvalue weighted by Crippen LogP contribution is 2.06. The zero-order valence-electron chi connectivity index (χ0n) is 13.0. The Bertz CT molecular complexity index is 439. The molecule has 116 valence electrons. The first-order chi connectivity index (χ1) is 9.85. The van der Waals surface area contributed by atoms with Gasteiger partial charge < -0.3 is 10.0 Å². The van der Waals surface area contributed by atoms with Gasteiger partial charge in [-0.05, 0) is 26.8 Å². The highest BCUT2D eigenvalue weighted by Gasteiger charge is 2.14. The lowest BCUT2D eigenvalue weighted by molar-refractivity contribution is 0.426. The van der Waals surface area contributed by atoms with Crippen molar-refractivity contribution in [3.8, 4) is 0 Å². The molecule has 0 aliphatic carbocycles. The Morgan fingerprint density at radius 3 is 1.90 bits per heavy atom. The Hall–Kier alpha value is -1.65. The molecule has 0 fully saturated rings. The SMILES string of the molecule is C=CC.C=CC.CN=C=O.Cc1ccc(Cl)c(B(O)O)c1. The average molecular weight is 312 g/mol. The van der Waals surface area contributed by atoms with Crippen molar-refractivity contribution in [2.75, 3.05) is 7.05 Å². The van der Waals surface area contributed by atoms with E-state index in [1.165, 1.54) is 13.1 Å². The summed E-state index contributed by atoms with van der Waals surface area (Å²) in [6, 6.07) is 5.10. The molecule has 0 radical (unpaired) electrons. The van der Waals surface area contributed by atoms with E-state index < -0.39 is 7.12 Å². The quantitative estimate of drug-likeness (QED) is 0.362. The molecule has 1 aromatic rings. The van der Waals surface area contributed by atoms with E-state index in [-0.39, 0.29) is 0 Å². The monoisotopic (exact) mass is 311 g/mol. The van der Waals surface area contributed by atoms with Crippen molar-refractivity contribution >= 4 is 30.3 Å². The molecular formula is C15H23BClNO3. The zero-order chi connectivity index (χ0) is 17.3. The minimum atomic E-state index is -1.48. The van der Waals surface area contributed by atoms with E-state index in [0.717, 1.165) is 5.56 Å². The van der Waals surface area contributed by atoms with Crippen LogP contribution in [0.5, 0.6) is 0 Å². The third kappa shape index (κ3) is 18.4. The molecule has 0 aromatic heterocycles. The van der Waals surface area contributed by atoms with Crippen LogP contribution in [0, 0.1) is 6.92 Å². The number of rotatable bonds is 1. The summed E-state index contributed by atoms with van der Waals surface area (Å²) in [6.45, 7) is 12.4. The second-order valence-corrected chi connectivity index (χ2v) is 3.94. The molecule has 0 atom stereocenters. The fraction of sp³-hybridized carbons (Fsp3) is 0.267. The Balaban J connectivity index is -0.000000270. The number of aliphatic imine (C=N–C) groups is 1. The van der Waals surface area contributed by atoms with Crippen LogP contribution in [0.1, 0.15) is 19.4 Å². The third-order valence-corrected chi connectivity index (χ3v) is 1.87. The van der Waals surface area contributed by atoms with Crippen molar-refractivity contribution in [1.29, 1.82) is 0 Å². The van der Waals surface area contributed by atoms with Crippen molar-refractivity contribution in [2.45, 2.75) is 20.8 Å². The van der Waals surface area contributed by atoms with E-state index in [0.29, 0.717) is 10.5 Å². The van der Waals surface area contributed by atoms with E-state index in [4.69, 9.17) is 26.4 Å². The van der Waals surface area contributed by atoms with Crippen molar-refractivity contribution in [1.82, 2.24) is 0 Å². The first-order valence-corrected chi connectivity index (χ1v) is 6.46. The molecule has 0 aliphatic rings. The normalized spacial score (nSPS) is 7.19. The van der Waals surface area contributed by atoms with Gasteiger partial charge in [0.15, 0.2) is 0 Å². The second kappa shape index (κ2) is 18.4. The largest absolute Gasteiger partial charge is 0.489 e. The van der Waals surface area contributed by atoms with Gasteiger partial charge in [-0.25, -0.2) is 9.79 Å². The molecule has 1 rings (SSSR count). The maximum atomic E-state index is 8.88. The van der Waals surface area contributed by atoms with Gasteiger partial charge in [0, 0.05) is 17.5 Å². The van der Waals surface area contributed by atoms with Crippen LogP contribution in [-0.2, 0) is 4.79 Å². The second-order valence-electron chi connectivity index (χ2n) is 3.53. The lowest BCUT2D eigenvalue weighted by atomic mass is 9.79. The minimum Gasteiger partial charge on any atom is -0.423 e. The Morgan fingerprint density at radius 2 is 1.67 bits per heavy atom. The fourth-order valence-corrected chi connectivity index (χ4v) is 1.08. The summed E-state index contributed by atoms with van der Waals surface area (Å²) in [7, 11) is -0.102. The van der Waals surface area contributed by atoms with Gasteiger partial charge >= 0.3 is 7.12 Å². The van der Waals surface area contributed by atoms with Crippen LogP contribution in [0.4, 0.5) is 0 Å². The maximum absolute atomic E-state index is 8.88. The molecule has 0 amide bonds. The highest BCUT2D eigenvalue weighted by molar-refractivity contribution is 6.62. The fourth-order valence-electron chi connectivity index (χ4n) is 0.861. The molecule has 4 nitrogen and oxygen atoms in total. The number of benzene rings is 1. The molecule has 0 spiro atoms. The number of carbonyl (C=O) groups excluding carboxylic acids is 1. The van der Waals surface area contributed by atoms with Crippen molar-refractivity contribution in [3.63, 3.8) is 0 Å². The van der Waals surface area contributed by atoms with Gasteiger partial charge in [0.25, 0.3) is 0 Å². The molecule has 6 heteroatoms. The van der Waals surface area contributed by atoms with Gasteiger partial charge in [-0.15, -0.1) is 13.2 Å². The summed E-state index contributed by atoms with van der Waals surface area (Å²) >= 11 is 5.67. The zero-order valence-corrected chi connectivity index (χ0v) is 13.8. The molecule has 21 heavy (non-hydrogen) atoms. The van der Waals surface area contributed by atoms with E-state index in [2.05, 4.69) is 18.2 Å². The Labute approximate surface area is 132 Å². The standard InChI is InChI=1S/C7H8BClO2.2C3H6.C2H3NO/c1-5-2-3-7(9)6(4-5)8(10)11;2*1-3-2;1-3-2-4/h2-4,10-11H,1H3;2*3H,1H2,2H3;1H3. The first-order valence-electron chi connectivity index (χ1n) is 6.08. The van der Waals surface area contributed by atoms with Crippen LogP contribution < -0.4 is 5.46 Å². The predicted molar refractivity (Wildman–Crippen MR) is 91.8 cm³/mol. The summed E-state index contributed by atoms with van der Waals surface area (Å²) < 4.78 is 0.